The van der Waals surface area contributed by atoms with Gasteiger partial charge in [0.15, 0.2) is 5.78 Å². The molecule has 0 amide bonds. The van der Waals surface area contributed by atoms with Crippen LogP contribution < -0.4 is 0 Å². The molecule has 1 aromatic heterocycles. The van der Waals surface area contributed by atoms with E-state index in [4.69, 9.17) is 4.42 Å². The summed E-state index contributed by atoms with van der Waals surface area (Å²) in [6.45, 7) is 0. The van der Waals surface area contributed by atoms with Crippen LogP contribution in [0.1, 0.15) is 16.1 Å². The average molecular weight is 248 g/mol. The largest absolute Gasteiger partial charge is 0.465 e. The molecule has 0 unspecified atom stereocenters. The third-order valence-corrected chi connectivity index (χ3v) is 3.00. The molecule has 0 fully saturated rings. The summed E-state index contributed by atoms with van der Waals surface area (Å²) in [5.74, 6) is 0.654. The molecule has 2 heteroatoms. The summed E-state index contributed by atoms with van der Waals surface area (Å²) in [6.07, 6.45) is 4.81. The van der Waals surface area contributed by atoms with Crippen molar-refractivity contribution in [2.24, 2.45) is 0 Å². The minimum absolute atomic E-state index is 0.0202. The van der Waals surface area contributed by atoms with Crippen molar-refractivity contribution in [1.29, 1.82) is 0 Å². The molecule has 3 aromatic rings. The molecule has 0 N–H and O–H groups in total. The zero-order chi connectivity index (χ0) is 13.1. The molecule has 0 spiro atoms. The fourth-order valence-corrected chi connectivity index (χ4v) is 2.07. The third kappa shape index (κ3) is 2.33. The smallest absolute Gasteiger partial charge is 0.186 e. The minimum Gasteiger partial charge on any atom is -0.465 e. The van der Waals surface area contributed by atoms with Crippen molar-refractivity contribution >= 4 is 22.6 Å². The standard InChI is InChI=1S/C17H12O2/c18-17(11-10-14-7-4-12-19-14)16-9-3-6-13-5-1-2-8-15(13)16/h1-12H/b11-10-. The molecule has 19 heavy (non-hydrogen) atoms. The number of carbonyl (C=O) groups is 1. The highest BCUT2D eigenvalue weighted by atomic mass is 16.3. The highest BCUT2D eigenvalue weighted by Gasteiger charge is 2.06. The van der Waals surface area contributed by atoms with Crippen molar-refractivity contribution in [2.75, 3.05) is 0 Å². The number of hydrogen-bond acceptors (Lipinski definition) is 2. The van der Waals surface area contributed by atoms with Crippen LogP contribution in [0.3, 0.4) is 0 Å². The monoisotopic (exact) mass is 248 g/mol. The minimum atomic E-state index is -0.0202. The van der Waals surface area contributed by atoms with E-state index in [0.29, 0.717) is 11.3 Å². The highest BCUT2D eigenvalue weighted by molar-refractivity contribution is 6.14. The van der Waals surface area contributed by atoms with Crippen molar-refractivity contribution in [3.05, 3.63) is 78.3 Å². The lowest BCUT2D eigenvalue weighted by Gasteiger charge is -2.02. The maximum atomic E-state index is 12.2. The number of ketones is 1. The average Bonchev–Trinajstić information content (AvgIpc) is 2.97. The summed E-state index contributed by atoms with van der Waals surface area (Å²) >= 11 is 0. The Morgan fingerprint density at radius 2 is 1.79 bits per heavy atom. The Kier molecular flexibility index (Phi) is 2.99. The molecule has 3 rings (SSSR count). The maximum absolute atomic E-state index is 12.2. The van der Waals surface area contributed by atoms with Gasteiger partial charge in [0, 0.05) is 5.56 Å². The lowest BCUT2D eigenvalue weighted by atomic mass is 10.0. The number of hydrogen-bond donors (Lipinski definition) is 0. The van der Waals surface area contributed by atoms with Crippen LogP contribution in [0, 0.1) is 0 Å². The predicted octanol–water partition coefficient (Wildman–Crippen LogP) is 4.33. The summed E-state index contributed by atoms with van der Waals surface area (Å²) < 4.78 is 5.17. The molecule has 0 saturated heterocycles. The Bertz CT molecular complexity index is 732. The predicted molar refractivity (Wildman–Crippen MR) is 76.0 cm³/mol. The Hall–Kier alpha value is -2.61. The molecule has 2 nitrogen and oxygen atoms in total. The van der Waals surface area contributed by atoms with E-state index in [1.807, 2.05) is 48.5 Å². The summed E-state index contributed by atoms with van der Waals surface area (Å²) in [4.78, 5) is 12.2. The van der Waals surface area contributed by atoms with E-state index in [-0.39, 0.29) is 5.78 Å². The number of rotatable bonds is 3. The lowest BCUT2D eigenvalue weighted by molar-refractivity contribution is 0.104. The molecule has 0 radical (unpaired) electrons. The van der Waals surface area contributed by atoms with Gasteiger partial charge < -0.3 is 4.42 Å². The molecule has 1 heterocycles. The normalized spacial score (nSPS) is 11.2. The molecule has 0 bridgehead atoms. The Labute approximate surface area is 111 Å². The molecule has 0 aliphatic carbocycles. The van der Waals surface area contributed by atoms with E-state index in [1.165, 1.54) is 0 Å². The Balaban J connectivity index is 1.98. The van der Waals surface area contributed by atoms with Gasteiger partial charge in [-0.25, -0.2) is 0 Å². The van der Waals surface area contributed by atoms with Gasteiger partial charge in [-0.05, 0) is 35.1 Å². The highest BCUT2D eigenvalue weighted by Crippen LogP contribution is 2.19. The van der Waals surface area contributed by atoms with E-state index in [9.17, 15) is 4.79 Å². The summed E-state index contributed by atoms with van der Waals surface area (Å²) in [5, 5.41) is 2.04. The van der Waals surface area contributed by atoms with E-state index in [1.54, 1.807) is 24.5 Å². The van der Waals surface area contributed by atoms with Crippen molar-refractivity contribution in [3.8, 4) is 0 Å². The maximum Gasteiger partial charge on any atom is 0.186 e. The molecular weight excluding hydrogens is 236 g/mol. The van der Waals surface area contributed by atoms with Gasteiger partial charge >= 0.3 is 0 Å². The Morgan fingerprint density at radius 1 is 0.947 bits per heavy atom. The second-order valence-electron chi connectivity index (χ2n) is 4.24. The molecule has 0 aliphatic rings. The second-order valence-corrected chi connectivity index (χ2v) is 4.24. The fourth-order valence-electron chi connectivity index (χ4n) is 2.07. The summed E-state index contributed by atoms with van der Waals surface area (Å²) in [7, 11) is 0. The van der Waals surface area contributed by atoms with E-state index in [0.717, 1.165) is 10.8 Å². The van der Waals surface area contributed by atoms with Gasteiger partial charge in [0.25, 0.3) is 0 Å². The van der Waals surface area contributed by atoms with Crippen LogP contribution in [-0.4, -0.2) is 5.78 Å². The summed E-state index contributed by atoms with van der Waals surface area (Å²) in [5.41, 5.74) is 0.709. The van der Waals surface area contributed by atoms with Crippen LogP contribution in [-0.2, 0) is 0 Å². The SMILES string of the molecule is O=C(/C=C\c1ccco1)c1cccc2ccccc12. The molecule has 2 aromatic carbocycles. The second kappa shape index (κ2) is 4.94. The van der Waals surface area contributed by atoms with Crippen LogP contribution in [0.4, 0.5) is 0 Å². The van der Waals surface area contributed by atoms with E-state index < -0.39 is 0 Å². The van der Waals surface area contributed by atoms with E-state index in [2.05, 4.69) is 0 Å². The van der Waals surface area contributed by atoms with Gasteiger partial charge in [-0.1, -0.05) is 42.5 Å². The first-order valence-electron chi connectivity index (χ1n) is 6.08. The fraction of sp³-hybridized carbons (Fsp3) is 0. The molecule has 92 valence electrons. The zero-order valence-corrected chi connectivity index (χ0v) is 10.2. The van der Waals surface area contributed by atoms with E-state index >= 15 is 0 Å². The van der Waals surface area contributed by atoms with Crippen molar-refractivity contribution in [2.45, 2.75) is 0 Å². The molecular formula is C17H12O2. The third-order valence-electron chi connectivity index (χ3n) is 3.00. The molecule has 0 aliphatic heterocycles. The van der Waals surface area contributed by atoms with Crippen LogP contribution >= 0.6 is 0 Å². The number of fused-ring (bicyclic) bond motifs is 1. The number of allylic oxidation sites excluding steroid dienone is 1. The summed E-state index contributed by atoms with van der Waals surface area (Å²) in [6, 6.07) is 17.2. The number of carbonyl (C=O) groups excluding carboxylic acids is 1. The quantitative estimate of drug-likeness (QED) is 0.510. The van der Waals surface area contributed by atoms with Crippen LogP contribution in [0.2, 0.25) is 0 Å². The number of furan rings is 1. The first-order valence-corrected chi connectivity index (χ1v) is 6.08. The topological polar surface area (TPSA) is 30.2 Å². The van der Waals surface area contributed by atoms with Crippen LogP contribution in [0.15, 0.2) is 71.4 Å². The zero-order valence-electron chi connectivity index (χ0n) is 10.2. The van der Waals surface area contributed by atoms with Gasteiger partial charge in [-0.2, -0.15) is 0 Å². The molecule has 0 saturated carbocycles. The van der Waals surface area contributed by atoms with Gasteiger partial charge in [-0.15, -0.1) is 0 Å². The first kappa shape index (κ1) is 11.5. The van der Waals surface area contributed by atoms with Gasteiger partial charge in [0.1, 0.15) is 5.76 Å². The van der Waals surface area contributed by atoms with Crippen molar-refractivity contribution in [1.82, 2.24) is 0 Å². The first-order chi connectivity index (χ1) is 9.34. The lowest BCUT2D eigenvalue weighted by Crippen LogP contribution is -1.95. The van der Waals surface area contributed by atoms with Gasteiger partial charge in [0.05, 0.1) is 6.26 Å². The van der Waals surface area contributed by atoms with Crippen LogP contribution in [0.25, 0.3) is 16.8 Å². The van der Waals surface area contributed by atoms with Gasteiger partial charge in [0.2, 0.25) is 0 Å². The van der Waals surface area contributed by atoms with Crippen molar-refractivity contribution < 1.29 is 9.21 Å². The van der Waals surface area contributed by atoms with Crippen molar-refractivity contribution in [3.63, 3.8) is 0 Å². The molecule has 0 atom stereocenters. The van der Waals surface area contributed by atoms with Gasteiger partial charge in [-0.3, -0.25) is 4.79 Å². The Morgan fingerprint density at radius 3 is 2.63 bits per heavy atom. The number of benzene rings is 2. The van der Waals surface area contributed by atoms with Crippen LogP contribution in [0.5, 0.6) is 0 Å².